The molecule has 0 atom stereocenters. The maximum atomic E-state index is 12.7. The summed E-state index contributed by atoms with van der Waals surface area (Å²) >= 11 is 2.38. The molecule has 0 saturated heterocycles. The monoisotopic (exact) mass is 671 g/mol. The summed E-state index contributed by atoms with van der Waals surface area (Å²) in [6, 6.07) is 1.46. The van der Waals surface area contributed by atoms with Crippen LogP contribution in [0.5, 0.6) is 0 Å². The minimum absolute atomic E-state index is 0. The van der Waals surface area contributed by atoms with E-state index >= 15 is 0 Å². The SMILES string of the molecule is CC(C)(c1nc(-n2[c-]cc(C(F)(F)F)n2)cs1)c1nc(-n2[c-]cc(C(F)(F)F)n2)cs1.[Pt+2]. The van der Waals surface area contributed by atoms with E-state index in [1.807, 2.05) is 0 Å². The van der Waals surface area contributed by atoms with Crippen molar-refractivity contribution in [3.8, 4) is 11.6 Å². The van der Waals surface area contributed by atoms with Gasteiger partial charge in [0.05, 0.1) is 38.5 Å². The van der Waals surface area contributed by atoms with Gasteiger partial charge in [0.15, 0.2) is 0 Å². The molecule has 0 N–H and O–H groups in total. The quantitative estimate of drug-likeness (QED) is 0.228. The average molecular weight is 672 g/mol. The zero-order valence-corrected chi connectivity index (χ0v) is 19.8. The van der Waals surface area contributed by atoms with Crippen molar-refractivity contribution in [3.05, 3.63) is 56.7 Å². The van der Waals surface area contributed by atoms with Gasteiger partial charge in [-0.15, -0.1) is 34.8 Å². The summed E-state index contributed by atoms with van der Waals surface area (Å²) in [5.74, 6) is 0.325. The molecule has 0 saturated carbocycles. The van der Waals surface area contributed by atoms with E-state index in [1.165, 1.54) is 33.4 Å². The molecule has 0 spiro atoms. The molecule has 0 bridgehead atoms. The third-order valence-corrected chi connectivity index (χ3v) is 6.44. The number of rotatable bonds is 4. The van der Waals surface area contributed by atoms with E-state index in [4.69, 9.17) is 0 Å². The molecule has 0 radical (unpaired) electrons. The number of hydrogen-bond donors (Lipinski definition) is 0. The fourth-order valence-electron chi connectivity index (χ4n) is 2.48. The first-order valence-corrected chi connectivity index (χ1v) is 10.1. The maximum absolute atomic E-state index is 12.7. The van der Waals surface area contributed by atoms with Gasteiger partial charge in [0.1, 0.15) is 0 Å². The number of hydrogen-bond acceptors (Lipinski definition) is 6. The van der Waals surface area contributed by atoms with Gasteiger partial charge < -0.3 is 9.36 Å². The van der Waals surface area contributed by atoms with E-state index in [2.05, 4.69) is 32.6 Å². The first-order valence-electron chi connectivity index (χ1n) is 8.38. The van der Waals surface area contributed by atoms with Crippen LogP contribution in [0.15, 0.2) is 22.9 Å². The predicted molar refractivity (Wildman–Crippen MR) is 98.3 cm³/mol. The Hall–Kier alpha value is -2.05. The smallest absolute Gasteiger partial charge is 0.342 e. The Kier molecular flexibility index (Phi) is 6.44. The first kappa shape index (κ1) is 24.6. The van der Waals surface area contributed by atoms with E-state index in [9.17, 15) is 26.3 Å². The van der Waals surface area contributed by atoms with Crippen molar-refractivity contribution < 1.29 is 47.4 Å². The van der Waals surface area contributed by atoms with Gasteiger partial charge in [-0.2, -0.15) is 26.3 Å². The molecule has 15 heteroatoms. The van der Waals surface area contributed by atoms with E-state index in [0.717, 1.165) is 21.5 Å². The maximum Gasteiger partial charge on any atom is 2.00 e. The van der Waals surface area contributed by atoms with Crippen LogP contribution >= 0.6 is 22.7 Å². The van der Waals surface area contributed by atoms with Crippen molar-refractivity contribution in [1.29, 1.82) is 0 Å². The Bertz CT molecular complexity index is 1130. The Morgan fingerprint density at radius 1 is 0.750 bits per heavy atom. The standard InChI is InChI=1S/C17H10F6N6S2.Pt/c1-15(2,13-24-11(7-30-13)28-5-3-9(26-28)16(18,19)20)14-25-12(8-31-14)29-6-4-10(27-29)17(21,22)23;/h3-4,7-8H,1-2H3;/q-2;+2. The molecule has 0 aromatic carbocycles. The molecular weight excluding hydrogens is 661 g/mol. The minimum Gasteiger partial charge on any atom is -0.342 e. The summed E-state index contributed by atoms with van der Waals surface area (Å²) in [6.45, 7) is 3.58. The van der Waals surface area contributed by atoms with E-state index in [1.54, 1.807) is 13.8 Å². The van der Waals surface area contributed by atoms with Crippen LogP contribution in [0.25, 0.3) is 11.6 Å². The molecule has 0 fully saturated rings. The van der Waals surface area contributed by atoms with E-state index in [0.29, 0.717) is 10.0 Å². The molecule has 4 rings (SSSR count). The van der Waals surface area contributed by atoms with Crippen molar-refractivity contribution >= 4 is 22.7 Å². The van der Waals surface area contributed by atoms with Gasteiger partial charge in [0.2, 0.25) is 0 Å². The molecule has 4 aromatic rings. The van der Waals surface area contributed by atoms with Crippen LogP contribution in [0.3, 0.4) is 0 Å². The van der Waals surface area contributed by atoms with E-state index in [-0.39, 0.29) is 32.7 Å². The molecule has 0 amide bonds. The first-order chi connectivity index (χ1) is 14.4. The summed E-state index contributed by atoms with van der Waals surface area (Å²) < 4.78 is 78.3. The van der Waals surface area contributed by atoms with Gasteiger partial charge in [-0.1, -0.05) is 12.4 Å². The topological polar surface area (TPSA) is 61.4 Å². The molecule has 4 aromatic heterocycles. The Balaban J connectivity index is 0.00000289. The van der Waals surface area contributed by atoms with Crippen LogP contribution in [0.2, 0.25) is 0 Å². The number of alkyl halides is 6. The average Bonchev–Trinajstić information content (AvgIpc) is 3.47. The molecule has 0 unspecified atom stereocenters. The second-order valence-electron chi connectivity index (χ2n) is 6.78. The predicted octanol–water partition coefficient (Wildman–Crippen LogP) is 4.93. The van der Waals surface area contributed by atoms with Gasteiger partial charge in [0.25, 0.3) is 0 Å². The second-order valence-corrected chi connectivity index (χ2v) is 8.50. The number of nitrogens with zero attached hydrogens (tertiary/aromatic N) is 6. The number of thiazole rings is 2. The summed E-state index contributed by atoms with van der Waals surface area (Å²) in [6.07, 6.45) is -4.42. The normalized spacial score (nSPS) is 12.8. The number of aromatic nitrogens is 6. The molecule has 6 nitrogen and oxygen atoms in total. The van der Waals surface area contributed by atoms with E-state index < -0.39 is 29.2 Å². The van der Waals surface area contributed by atoms with Gasteiger partial charge in [-0.3, -0.25) is 20.2 Å². The van der Waals surface area contributed by atoms with Crippen molar-refractivity contribution in [2.45, 2.75) is 31.6 Å². The molecule has 172 valence electrons. The fourth-order valence-corrected chi connectivity index (χ4v) is 4.36. The molecule has 0 aliphatic rings. The van der Waals surface area contributed by atoms with Crippen molar-refractivity contribution in [3.63, 3.8) is 0 Å². The molecule has 0 aliphatic carbocycles. The Morgan fingerprint density at radius 2 is 1.12 bits per heavy atom. The van der Waals surface area contributed by atoms with Gasteiger partial charge in [-0.05, 0) is 24.6 Å². The largest absolute Gasteiger partial charge is 2.00 e. The molecule has 4 heterocycles. The van der Waals surface area contributed by atoms with Crippen LogP contribution in [-0.2, 0) is 38.8 Å². The zero-order valence-electron chi connectivity index (χ0n) is 15.9. The van der Waals surface area contributed by atoms with Gasteiger partial charge in [-0.25, -0.2) is 0 Å². The summed E-state index contributed by atoms with van der Waals surface area (Å²) in [5.41, 5.74) is -2.94. The minimum atomic E-state index is -4.59. The molecule has 0 aliphatic heterocycles. The second kappa shape index (κ2) is 8.38. The van der Waals surface area contributed by atoms with Crippen molar-refractivity contribution in [2.75, 3.05) is 0 Å². The third-order valence-electron chi connectivity index (χ3n) is 4.13. The van der Waals surface area contributed by atoms with Crippen LogP contribution in [-0.4, -0.2) is 29.5 Å². The third kappa shape index (κ3) is 4.67. The Labute approximate surface area is 199 Å². The summed E-state index contributed by atoms with van der Waals surface area (Å²) in [7, 11) is 0. The van der Waals surface area contributed by atoms with Crippen LogP contribution in [0.1, 0.15) is 35.3 Å². The fraction of sp³-hybridized carbons (Fsp3) is 0.294. The number of halogens is 6. The van der Waals surface area contributed by atoms with Crippen molar-refractivity contribution in [1.82, 2.24) is 29.5 Å². The van der Waals surface area contributed by atoms with Gasteiger partial charge >= 0.3 is 33.4 Å². The summed E-state index contributed by atoms with van der Waals surface area (Å²) in [4.78, 5) is 8.70. The van der Waals surface area contributed by atoms with Gasteiger partial charge in [0, 0.05) is 0 Å². The van der Waals surface area contributed by atoms with Crippen molar-refractivity contribution in [2.24, 2.45) is 0 Å². The van der Waals surface area contributed by atoms with Crippen LogP contribution in [0.4, 0.5) is 26.3 Å². The van der Waals surface area contributed by atoms with Crippen LogP contribution < -0.4 is 0 Å². The zero-order chi connectivity index (χ0) is 22.6. The molecular formula is C17H10F6N6PtS2. The van der Waals surface area contributed by atoms with Crippen LogP contribution in [0, 0.1) is 12.4 Å². The Morgan fingerprint density at radius 3 is 1.44 bits per heavy atom. The molecule has 32 heavy (non-hydrogen) atoms. The summed E-state index contributed by atoms with van der Waals surface area (Å²) in [5, 5.41) is 11.0.